The molecule has 16 heavy (non-hydrogen) atoms. The Morgan fingerprint density at radius 2 is 2.19 bits per heavy atom. The molecule has 1 rings (SSSR count). The Kier molecular flexibility index (Phi) is 4.70. The summed E-state index contributed by atoms with van der Waals surface area (Å²) in [6.07, 6.45) is 0.772. The van der Waals surface area contributed by atoms with Crippen molar-refractivity contribution < 1.29 is 19.4 Å². The molecule has 6 heteroatoms. The quantitative estimate of drug-likeness (QED) is 0.650. The molecule has 0 aromatic rings. The predicted octanol–water partition coefficient (Wildman–Crippen LogP) is -0.717. The molecule has 0 bridgehead atoms. The van der Waals surface area contributed by atoms with E-state index in [1.165, 1.54) is 4.90 Å². The third-order valence-corrected chi connectivity index (χ3v) is 2.73. The van der Waals surface area contributed by atoms with Crippen LogP contribution in [0.1, 0.15) is 13.3 Å². The van der Waals surface area contributed by atoms with E-state index in [-0.39, 0.29) is 31.7 Å². The van der Waals surface area contributed by atoms with Crippen LogP contribution in [-0.2, 0) is 14.3 Å². The number of ether oxygens (including phenoxy) is 1. The second-order valence-corrected chi connectivity index (χ2v) is 3.84. The van der Waals surface area contributed by atoms with Crippen molar-refractivity contribution in [3.63, 3.8) is 0 Å². The van der Waals surface area contributed by atoms with Crippen molar-refractivity contribution >= 4 is 11.9 Å². The number of hydrogen-bond acceptors (Lipinski definition) is 4. The van der Waals surface area contributed by atoms with Gasteiger partial charge in [-0.1, -0.05) is 6.92 Å². The fraction of sp³-hybridized carbons (Fsp3) is 0.800. The Labute approximate surface area is 94.3 Å². The molecule has 0 saturated carbocycles. The number of carboxylic acid groups (broad SMARTS) is 1. The van der Waals surface area contributed by atoms with E-state index < -0.39 is 11.9 Å². The lowest BCUT2D eigenvalue weighted by atomic mass is 10.0. The Balaban J connectivity index is 2.76. The molecule has 0 radical (unpaired) electrons. The lowest BCUT2D eigenvalue weighted by Crippen LogP contribution is -2.49. The molecular weight excluding hydrogens is 212 g/mol. The molecule has 1 heterocycles. The van der Waals surface area contributed by atoms with Gasteiger partial charge in [0.1, 0.15) is 5.92 Å². The smallest absolute Gasteiger partial charge is 0.311 e. The molecule has 1 aliphatic heterocycles. The summed E-state index contributed by atoms with van der Waals surface area (Å²) in [6.45, 7) is 2.81. The van der Waals surface area contributed by atoms with Crippen LogP contribution in [0, 0.1) is 5.92 Å². The highest BCUT2D eigenvalue weighted by Crippen LogP contribution is 2.20. The van der Waals surface area contributed by atoms with Crippen LogP contribution in [0.25, 0.3) is 0 Å². The lowest BCUT2D eigenvalue weighted by molar-refractivity contribution is -0.144. The number of carboxylic acids is 1. The summed E-state index contributed by atoms with van der Waals surface area (Å²) in [6, 6.07) is -0.381. The van der Waals surface area contributed by atoms with E-state index in [9.17, 15) is 9.59 Å². The number of rotatable bonds is 5. The van der Waals surface area contributed by atoms with Gasteiger partial charge in [-0.2, -0.15) is 0 Å². The van der Waals surface area contributed by atoms with Crippen molar-refractivity contribution in [2.75, 3.05) is 26.3 Å². The number of aliphatic carboxylic acids is 1. The van der Waals surface area contributed by atoms with Crippen molar-refractivity contribution in [2.24, 2.45) is 11.7 Å². The van der Waals surface area contributed by atoms with Crippen LogP contribution < -0.4 is 5.73 Å². The van der Waals surface area contributed by atoms with E-state index >= 15 is 0 Å². The molecule has 2 atom stereocenters. The van der Waals surface area contributed by atoms with Crippen molar-refractivity contribution in [1.29, 1.82) is 0 Å². The minimum Gasteiger partial charge on any atom is -0.481 e. The molecule has 2 unspecified atom stereocenters. The van der Waals surface area contributed by atoms with Crippen LogP contribution in [0.5, 0.6) is 0 Å². The van der Waals surface area contributed by atoms with Gasteiger partial charge in [-0.05, 0) is 6.42 Å². The van der Waals surface area contributed by atoms with Crippen molar-refractivity contribution in [1.82, 2.24) is 4.90 Å². The summed E-state index contributed by atoms with van der Waals surface area (Å²) in [5.74, 6) is -1.78. The Hall–Kier alpha value is -1.14. The first kappa shape index (κ1) is 12.9. The third-order valence-electron chi connectivity index (χ3n) is 2.73. The first-order valence-corrected chi connectivity index (χ1v) is 5.41. The summed E-state index contributed by atoms with van der Waals surface area (Å²) in [5.41, 5.74) is 5.31. The van der Waals surface area contributed by atoms with Gasteiger partial charge >= 0.3 is 5.97 Å². The zero-order chi connectivity index (χ0) is 12.1. The first-order chi connectivity index (χ1) is 7.61. The molecule has 1 saturated heterocycles. The third kappa shape index (κ3) is 2.70. The molecule has 0 aliphatic carbocycles. The maximum atomic E-state index is 11.6. The van der Waals surface area contributed by atoms with Crippen LogP contribution in [0.15, 0.2) is 0 Å². The summed E-state index contributed by atoms with van der Waals surface area (Å²) >= 11 is 0. The van der Waals surface area contributed by atoms with E-state index in [4.69, 9.17) is 15.6 Å². The SMILES string of the molecule is CCCN(C(=O)CN)C1COCC1C(=O)O. The molecule has 1 aliphatic rings. The summed E-state index contributed by atoms with van der Waals surface area (Å²) in [5, 5.41) is 9.01. The predicted molar refractivity (Wildman–Crippen MR) is 56.8 cm³/mol. The maximum absolute atomic E-state index is 11.6. The number of nitrogens with zero attached hydrogens (tertiary/aromatic N) is 1. The molecule has 3 N–H and O–H groups in total. The van der Waals surface area contributed by atoms with Gasteiger partial charge in [-0.3, -0.25) is 9.59 Å². The summed E-state index contributed by atoms with van der Waals surface area (Å²) in [7, 11) is 0. The molecule has 0 aromatic heterocycles. The number of carbonyl (C=O) groups is 2. The highest BCUT2D eigenvalue weighted by Gasteiger charge is 2.39. The lowest BCUT2D eigenvalue weighted by Gasteiger charge is -2.29. The molecule has 92 valence electrons. The number of carbonyl (C=O) groups excluding carboxylic acids is 1. The van der Waals surface area contributed by atoms with E-state index in [1.54, 1.807) is 0 Å². The van der Waals surface area contributed by atoms with Crippen molar-refractivity contribution in [3.05, 3.63) is 0 Å². The minimum absolute atomic E-state index is 0.0944. The molecule has 6 nitrogen and oxygen atoms in total. The number of nitrogens with two attached hydrogens (primary N) is 1. The fourth-order valence-electron chi connectivity index (χ4n) is 1.92. The average Bonchev–Trinajstić information content (AvgIpc) is 2.73. The van der Waals surface area contributed by atoms with Gasteiger partial charge in [0.2, 0.25) is 5.91 Å². The van der Waals surface area contributed by atoms with Crippen LogP contribution in [0.4, 0.5) is 0 Å². The van der Waals surface area contributed by atoms with Gasteiger partial charge in [0.05, 0.1) is 25.8 Å². The van der Waals surface area contributed by atoms with E-state index in [0.717, 1.165) is 6.42 Å². The van der Waals surface area contributed by atoms with Crippen molar-refractivity contribution in [3.8, 4) is 0 Å². The second kappa shape index (κ2) is 5.81. The van der Waals surface area contributed by atoms with Gasteiger partial charge in [-0.25, -0.2) is 0 Å². The molecule has 0 spiro atoms. The molecule has 1 amide bonds. The van der Waals surface area contributed by atoms with Crippen LogP contribution in [-0.4, -0.2) is 54.2 Å². The van der Waals surface area contributed by atoms with E-state index in [1.807, 2.05) is 6.92 Å². The van der Waals surface area contributed by atoms with E-state index in [2.05, 4.69) is 0 Å². The van der Waals surface area contributed by atoms with E-state index in [0.29, 0.717) is 6.54 Å². The monoisotopic (exact) mass is 230 g/mol. The zero-order valence-corrected chi connectivity index (χ0v) is 9.39. The highest BCUT2D eigenvalue weighted by molar-refractivity contribution is 5.80. The normalized spacial score (nSPS) is 24.4. The largest absolute Gasteiger partial charge is 0.481 e. The minimum atomic E-state index is -0.923. The standard InChI is InChI=1S/C10H18N2O4/c1-2-3-12(9(13)4-11)8-6-16-5-7(8)10(14)15/h7-8H,2-6,11H2,1H3,(H,14,15). The maximum Gasteiger partial charge on any atom is 0.311 e. The number of hydrogen-bond donors (Lipinski definition) is 2. The van der Waals surface area contributed by atoms with Crippen LogP contribution in [0.3, 0.4) is 0 Å². The van der Waals surface area contributed by atoms with Gasteiger partial charge in [0.25, 0.3) is 0 Å². The fourth-order valence-corrected chi connectivity index (χ4v) is 1.92. The molecular formula is C10H18N2O4. The highest BCUT2D eigenvalue weighted by atomic mass is 16.5. The average molecular weight is 230 g/mol. The van der Waals surface area contributed by atoms with Crippen LogP contribution in [0.2, 0.25) is 0 Å². The van der Waals surface area contributed by atoms with Gasteiger partial charge in [-0.15, -0.1) is 0 Å². The Morgan fingerprint density at radius 1 is 1.50 bits per heavy atom. The Bertz CT molecular complexity index is 270. The van der Waals surface area contributed by atoms with Crippen molar-refractivity contribution in [2.45, 2.75) is 19.4 Å². The molecule has 1 fully saturated rings. The van der Waals surface area contributed by atoms with Gasteiger partial charge in [0.15, 0.2) is 0 Å². The molecule has 0 aromatic carbocycles. The Morgan fingerprint density at radius 3 is 2.69 bits per heavy atom. The number of amides is 1. The van der Waals surface area contributed by atoms with Crippen LogP contribution >= 0.6 is 0 Å². The summed E-state index contributed by atoms with van der Waals surface area (Å²) < 4.78 is 5.14. The second-order valence-electron chi connectivity index (χ2n) is 3.84. The first-order valence-electron chi connectivity index (χ1n) is 5.41. The van der Waals surface area contributed by atoms with Gasteiger partial charge in [0, 0.05) is 6.54 Å². The topological polar surface area (TPSA) is 92.9 Å². The zero-order valence-electron chi connectivity index (χ0n) is 9.39. The summed E-state index contributed by atoms with van der Waals surface area (Å²) in [4.78, 5) is 24.1. The van der Waals surface area contributed by atoms with Gasteiger partial charge < -0.3 is 20.5 Å².